The molecule has 0 spiro atoms. The SMILES string of the molecule is CCCCCCCCC/C=C\CCCCCCCCCCOCC(CO)OC(=O)CC. The van der Waals surface area contributed by atoms with Gasteiger partial charge in [-0.2, -0.15) is 0 Å². The Kier molecular flexibility index (Phi) is 24.7. The first kappa shape index (κ1) is 30.1. The Hall–Kier alpha value is -0.870. The quantitative estimate of drug-likeness (QED) is 0.0957. The number of hydrogen-bond acceptors (Lipinski definition) is 4. The lowest BCUT2D eigenvalue weighted by Gasteiger charge is -2.15. The fourth-order valence-electron chi connectivity index (χ4n) is 3.59. The van der Waals surface area contributed by atoms with Gasteiger partial charge in [-0.3, -0.25) is 4.79 Å². The topological polar surface area (TPSA) is 55.8 Å². The van der Waals surface area contributed by atoms with Gasteiger partial charge in [-0.1, -0.05) is 103 Å². The molecule has 0 aromatic rings. The Morgan fingerprint density at radius 1 is 0.742 bits per heavy atom. The van der Waals surface area contributed by atoms with E-state index >= 15 is 0 Å². The zero-order chi connectivity index (χ0) is 22.8. The minimum absolute atomic E-state index is 0.180. The molecule has 0 bridgehead atoms. The number of aliphatic hydroxyl groups excluding tert-OH is 1. The Balaban J connectivity index is 3.23. The van der Waals surface area contributed by atoms with Crippen molar-refractivity contribution < 1.29 is 19.4 Å². The van der Waals surface area contributed by atoms with Gasteiger partial charge in [0.2, 0.25) is 0 Å². The third-order valence-electron chi connectivity index (χ3n) is 5.64. The molecule has 0 aliphatic rings. The molecule has 0 amide bonds. The molecule has 0 radical (unpaired) electrons. The Bertz CT molecular complexity index is 395. The summed E-state index contributed by atoms with van der Waals surface area (Å²) in [7, 11) is 0. The van der Waals surface area contributed by atoms with Gasteiger partial charge in [0, 0.05) is 13.0 Å². The van der Waals surface area contributed by atoms with Crippen LogP contribution in [-0.4, -0.2) is 37.0 Å². The van der Waals surface area contributed by atoms with Crippen molar-refractivity contribution in [2.24, 2.45) is 0 Å². The molecule has 0 saturated carbocycles. The van der Waals surface area contributed by atoms with Crippen LogP contribution in [0.5, 0.6) is 0 Å². The van der Waals surface area contributed by atoms with E-state index in [-0.39, 0.29) is 19.2 Å². The molecular formula is C27H52O4. The maximum absolute atomic E-state index is 11.2. The standard InChI is InChI=1S/C27H52O4/c1-3-5-6-7-8-9-10-11-12-13-14-15-16-17-18-19-20-21-22-23-30-25-26(24-28)31-27(29)4-2/h12-13,26,28H,3-11,14-25H2,1-2H3/b13-12-. The first-order chi connectivity index (χ1) is 15.2. The fourth-order valence-corrected chi connectivity index (χ4v) is 3.59. The average Bonchev–Trinajstić information content (AvgIpc) is 2.79. The van der Waals surface area contributed by atoms with Gasteiger partial charge in [0.15, 0.2) is 0 Å². The molecular weight excluding hydrogens is 388 g/mol. The lowest BCUT2D eigenvalue weighted by Crippen LogP contribution is -2.27. The molecule has 1 N–H and O–H groups in total. The highest BCUT2D eigenvalue weighted by molar-refractivity contribution is 5.69. The van der Waals surface area contributed by atoms with Gasteiger partial charge >= 0.3 is 5.97 Å². The minimum Gasteiger partial charge on any atom is -0.457 e. The largest absolute Gasteiger partial charge is 0.457 e. The van der Waals surface area contributed by atoms with Crippen molar-refractivity contribution >= 4 is 5.97 Å². The molecule has 1 atom stereocenters. The van der Waals surface area contributed by atoms with Crippen molar-refractivity contribution in [2.75, 3.05) is 19.8 Å². The highest BCUT2D eigenvalue weighted by atomic mass is 16.6. The second kappa shape index (κ2) is 25.4. The van der Waals surface area contributed by atoms with E-state index < -0.39 is 6.10 Å². The summed E-state index contributed by atoms with van der Waals surface area (Å²) < 4.78 is 10.6. The summed E-state index contributed by atoms with van der Waals surface area (Å²) in [5.41, 5.74) is 0. The number of esters is 1. The third kappa shape index (κ3) is 23.6. The van der Waals surface area contributed by atoms with Crippen LogP contribution in [0.25, 0.3) is 0 Å². The third-order valence-corrected chi connectivity index (χ3v) is 5.64. The van der Waals surface area contributed by atoms with Crippen molar-refractivity contribution in [3.63, 3.8) is 0 Å². The molecule has 0 aromatic carbocycles. The molecule has 0 heterocycles. The molecule has 184 valence electrons. The van der Waals surface area contributed by atoms with Gasteiger partial charge in [-0.15, -0.1) is 0 Å². The van der Waals surface area contributed by atoms with Gasteiger partial charge in [-0.25, -0.2) is 0 Å². The highest BCUT2D eigenvalue weighted by Gasteiger charge is 2.12. The summed E-state index contributed by atoms with van der Waals surface area (Å²) in [6, 6.07) is 0. The number of aliphatic hydroxyl groups is 1. The summed E-state index contributed by atoms with van der Waals surface area (Å²) in [5, 5.41) is 9.17. The highest BCUT2D eigenvalue weighted by Crippen LogP contribution is 2.11. The van der Waals surface area contributed by atoms with Crippen LogP contribution in [0.15, 0.2) is 12.2 Å². The van der Waals surface area contributed by atoms with Crippen LogP contribution in [0, 0.1) is 0 Å². The molecule has 31 heavy (non-hydrogen) atoms. The molecule has 1 unspecified atom stereocenters. The van der Waals surface area contributed by atoms with Gasteiger partial charge in [-0.05, 0) is 32.1 Å². The molecule has 0 aromatic heterocycles. The van der Waals surface area contributed by atoms with Gasteiger partial charge in [0.25, 0.3) is 0 Å². The number of carbonyl (C=O) groups is 1. The maximum atomic E-state index is 11.2. The number of allylic oxidation sites excluding steroid dienone is 2. The van der Waals surface area contributed by atoms with E-state index in [0.717, 1.165) is 6.42 Å². The van der Waals surface area contributed by atoms with Crippen LogP contribution >= 0.6 is 0 Å². The zero-order valence-corrected chi connectivity index (χ0v) is 20.8. The first-order valence-corrected chi connectivity index (χ1v) is 13.3. The molecule has 4 heteroatoms. The van der Waals surface area contributed by atoms with E-state index in [0.29, 0.717) is 13.0 Å². The first-order valence-electron chi connectivity index (χ1n) is 13.3. The van der Waals surface area contributed by atoms with E-state index in [4.69, 9.17) is 9.47 Å². The normalized spacial score (nSPS) is 12.5. The van der Waals surface area contributed by atoms with Crippen LogP contribution < -0.4 is 0 Å². The Labute approximate surface area is 193 Å². The van der Waals surface area contributed by atoms with E-state index in [1.165, 1.54) is 103 Å². The monoisotopic (exact) mass is 440 g/mol. The van der Waals surface area contributed by atoms with Crippen molar-refractivity contribution in [1.29, 1.82) is 0 Å². The average molecular weight is 441 g/mol. The van der Waals surface area contributed by atoms with Crippen LogP contribution in [-0.2, 0) is 14.3 Å². The van der Waals surface area contributed by atoms with E-state index in [9.17, 15) is 9.90 Å². The van der Waals surface area contributed by atoms with Crippen molar-refractivity contribution in [1.82, 2.24) is 0 Å². The second-order valence-electron chi connectivity index (χ2n) is 8.72. The smallest absolute Gasteiger partial charge is 0.305 e. The van der Waals surface area contributed by atoms with Gasteiger partial charge in [0.1, 0.15) is 6.10 Å². The number of hydrogen-bond donors (Lipinski definition) is 1. The van der Waals surface area contributed by atoms with Crippen LogP contribution in [0.2, 0.25) is 0 Å². The van der Waals surface area contributed by atoms with Gasteiger partial charge in [0.05, 0.1) is 13.2 Å². The second-order valence-corrected chi connectivity index (χ2v) is 8.72. The van der Waals surface area contributed by atoms with E-state index in [2.05, 4.69) is 19.1 Å². The molecule has 0 saturated heterocycles. The Morgan fingerprint density at radius 3 is 1.71 bits per heavy atom. The predicted octanol–water partition coefficient (Wildman–Crippen LogP) is 7.52. The van der Waals surface area contributed by atoms with Crippen LogP contribution in [0.4, 0.5) is 0 Å². The number of carbonyl (C=O) groups excluding carboxylic acids is 1. The molecule has 0 aliphatic heterocycles. The van der Waals surface area contributed by atoms with Gasteiger partial charge < -0.3 is 14.6 Å². The summed E-state index contributed by atoms with van der Waals surface area (Å²) in [5.74, 6) is -0.290. The van der Waals surface area contributed by atoms with E-state index in [1.807, 2.05) is 0 Å². The van der Waals surface area contributed by atoms with Crippen molar-refractivity contribution in [3.8, 4) is 0 Å². The summed E-state index contributed by atoms with van der Waals surface area (Å²) >= 11 is 0. The molecule has 0 aliphatic carbocycles. The molecule has 0 fully saturated rings. The fraction of sp³-hybridized carbons (Fsp3) is 0.889. The summed E-state index contributed by atoms with van der Waals surface area (Å²) in [6.07, 6.45) is 27.0. The number of unbranched alkanes of at least 4 members (excludes halogenated alkanes) is 15. The lowest BCUT2D eigenvalue weighted by atomic mass is 10.1. The minimum atomic E-state index is -0.525. The van der Waals surface area contributed by atoms with Crippen LogP contribution in [0.1, 0.15) is 129 Å². The Morgan fingerprint density at radius 2 is 1.23 bits per heavy atom. The summed E-state index contributed by atoms with van der Waals surface area (Å²) in [4.78, 5) is 11.2. The summed E-state index contributed by atoms with van der Waals surface area (Å²) in [6.45, 7) is 4.80. The molecule has 0 rings (SSSR count). The zero-order valence-electron chi connectivity index (χ0n) is 20.8. The molecule has 4 nitrogen and oxygen atoms in total. The number of rotatable bonds is 24. The van der Waals surface area contributed by atoms with E-state index in [1.54, 1.807) is 6.92 Å². The van der Waals surface area contributed by atoms with Crippen molar-refractivity contribution in [2.45, 2.75) is 136 Å². The van der Waals surface area contributed by atoms with Crippen molar-refractivity contribution in [3.05, 3.63) is 12.2 Å². The lowest BCUT2D eigenvalue weighted by molar-refractivity contribution is -0.154. The van der Waals surface area contributed by atoms with Crippen LogP contribution in [0.3, 0.4) is 0 Å². The maximum Gasteiger partial charge on any atom is 0.305 e. The predicted molar refractivity (Wildman–Crippen MR) is 131 cm³/mol. The number of ether oxygens (including phenoxy) is 2.